The van der Waals surface area contributed by atoms with E-state index in [1.807, 2.05) is 49.6 Å². The molecule has 4 rings (SSSR count). The molecular weight excluding hydrogens is 485 g/mol. The fourth-order valence-electron chi connectivity index (χ4n) is 5.49. The third kappa shape index (κ3) is 7.79. The van der Waals surface area contributed by atoms with Crippen molar-refractivity contribution in [2.75, 3.05) is 12.0 Å². The van der Waals surface area contributed by atoms with Crippen LogP contribution in [0.1, 0.15) is 65.1 Å². The van der Waals surface area contributed by atoms with E-state index in [1.165, 1.54) is 36.8 Å². The summed E-state index contributed by atoms with van der Waals surface area (Å²) in [6.45, 7) is 2.04. The Hall–Kier alpha value is -2.45. The Kier molecular flexibility index (Phi) is 11.6. The minimum absolute atomic E-state index is 0. The Morgan fingerprint density at radius 1 is 0.947 bits per heavy atom. The zero-order chi connectivity index (χ0) is 26.2. The van der Waals surface area contributed by atoms with E-state index in [1.54, 1.807) is 11.8 Å². The molecule has 6 heteroatoms. The minimum Gasteiger partial charge on any atom is -0.548 e. The summed E-state index contributed by atoms with van der Waals surface area (Å²) in [7, 11) is 0. The number of aryl methyl sites for hydroxylation is 1. The molecule has 1 aliphatic carbocycles. The van der Waals surface area contributed by atoms with Crippen LogP contribution in [0.2, 0.25) is 0 Å². The van der Waals surface area contributed by atoms with E-state index in [9.17, 15) is 14.7 Å². The quantitative estimate of drug-likeness (QED) is 0.417. The molecule has 194 valence electrons. The van der Waals surface area contributed by atoms with Crippen molar-refractivity contribution >= 4 is 23.6 Å². The molecule has 1 saturated carbocycles. The van der Waals surface area contributed by atoms with Crippen LogP contribution in [0.15, 0.2) is 72.8 Å². The second-order valence-electron chi connectivity index (χ2n) is 10.2. The number of rotatable bonds is 10. The van der Waals surface area contributed by atoms with Crippen LogP contribution in [0.4, 0.5) is 0 Å². The molecule has 1 fully saturated rings. The standard InChI is InChI=1S/C32H37NO3S.Li/c1-22-8-6-7-11-27(22)29-21-24(14-17-28(29)31(34)33-30(32(35)36)18-19-37-2)20-23-12-15-26(16-13-23)25-9-4-3-5-10-25;/h3-11,14,17,21,23,26,30H,12-13,15-16,18-20H2,1-2H3,(H,33,34)(H,35,36);/q;+1/p-1/t23?,26?,30-;/m0./s1. The van der Waals surface area contributed by atoms with Crippen LogP contribution in [0.3, 0.4) is 0 Å². The van der Waals surface area contributed by atoms with Gasteiger partial charge in [-0.3, -0.25) is 4.79 Å². The van der Waals surface area contributed by atoms with Gasteiger partial charge in [0.25, 0.3) is 5.91 Å². The molecule has 3 aromatic rings. The fraction of sp³-hybridized carbons (Fsp3) is 0.375. The number of amides is 1. The third-order valence-corrected chi connectivity index (χ3v) is 8.25. The number of aliphatic carboxylic acids is 1. The van der Waals surface area contributed by atoms with Gasteiger partial charge in [0.2, 0.25) is 0 Å². The van der Waals surface area contributed by atoms with Crippen LogP contribution >= 0.6 is 11.8 Å². The topological polar surface area (TPSA) is 69.2 Å². The number of hydrogen-bond donors (Lipinski definition) is 1. The smallest absolute Gasteiger partial charge is 0.548 e. The predicted molar refractivity (Wildman–Crippen MR) is 151 cm³/mol. The normalized spacial score (nSPS) is 17.7. The Labute approximate surface area is 243 Å². The van der Waals surface area contributed by atoms with E-state index in [2.05, 4.69) is 41.7 Å². The summed E-state index contributed by atoms with van der Waals surface area (Å²) >= 11 is 1.55. The van der Waals surface area contributed by atoms with Crippen molar-refractivity contribution in [3.63, 3.8) is 0 Å². The van der Waals surface area contributed by atoms with Gasteiger partial charge in [0, 0.05) is 5.56 Å². The van der Waals surface area contributed by atoms with E-state index >= 15 is 0 Å². The molecule has 0 saturated heterocycles. The summed E-state index contributed by atoms with van der Waals surface area (Å²) < 4.78 is 0. The maximum absolute atomic E-state index is 13.3. The number of carbonyl (C=O) groups excluding carboxylic acids is 2. The van der Waals surface area contributed by atoms with Crippen molar-refractivity contribution in [2.45, 2.75) is 57.4 Å². The molecule has 1 N–H and O–H groups in total. The van der Waals surface area contributed by atoms with Crippen molar-refractivity contribution < 1.29 is 33.6 Å². The molecule has 0 aliphatic heterocycles. The van der Waals surface area contributed by atoms with Crippen molar-refractivity contribution in [3.8, 4) is 11.1 Å². The summed E-state index contributed by atoms with van der Waals surface area (Å²) in [4.78, 5) is 24.9. The SMILES string of the molecule is CSCC[C@H](NC(=O)c1ccc(CC2CCC(c3ccccc3)CC2)cc1-c1ccccc1C)C(=O)[O-].[Li+]. The second kappa shape index (κ2) is 14.6. The molecule has 1 aliphatic rings. The summed E-state index contributed by atoms with van der Waals surface area (Å²) in [5.41, 5.74) is 6.10. The zero-order valence-electron chi connectivity index (χ0n) is 22.7. The zero-order valence-corrected chi connectivity index (χ0v) is 23.6. The third-order valence-electron chi connectivity index (χ3n) is 7.61. The molecule has 1 amide bonds. The molecule has 0 heterocycles. The molecule has 0 spiro atoms. The van der Waals surface area contributed by atoms with E-state index in [0.29, 0.717) is 29.6 Å². The first-order valence-electron chi connectivity index (χ1n) is 13.2. The molecule has 0 bridgehead atoms. The van der Waals surface area contributed by atoms with Gasteiger partial charge in [-0.25, -0.2) is 0 Å². The first-order chi connectivity index (χ1) is 18.0. The number of benzene rings is 3. The van der Waals surface area contributed by atoms with Gasteiger partial charge in [0.1, 0.15) is 0 Å². The summed E-state index contributed by atoms with van der Waals surface area (Å²) in [5.74, 6) is 0.285. The second-order valence-corrected chi connectivity index (χ2v) is 11.1. The van der Waals surface area contributed by atoms with Gasteiger partial charge in [0.15, 0.2) is 0 Å². The number of carbonyl (C=O) groups is 2. The molecule has 38 heavy (non-hydrogen) atoms. The Balaban J connectivity index is 0.00000400. The molecule has 0 aromatic heterocycles. The van der Waals surface area contributed by atoms with Gasteiger partial charge in [-0.15, -0.1) is 0 Å². The van der Waals surface area contributed by atoms with Gasteiger partial charge in [0.05, 0.1) is 12.0 Å². The van der Waals surface area contributed by atoms with Crippen molar-refractivity contribution in [3.05, 3.63) is 95.1 Å². The first-order valence-corrected chi connectivity index (χ1v) is 14.6. The maximum Gasteiger partial charge on any atom is 1.00 e. The summed E-state index contributed by atoms with van der Waals surface area (Å²) in [5, 5.41) is 14.3. The van der Waals surface area contributed by atoms with Crippen LogP contribution in [-0.2, 0) is 11.2 Å². The average molecular weight is 522 g/mol. The molecular formula is C32H36LiNO3S. The monoisotopic (exact) mass is 521 g/mol. The minimum atomic E-state index is -1.25. The maximum atomic E-state index is 13.3. The first kappa shape index (κ1) is 30.1. The predicted octanol–water partition coefficient (Wildman–Crippen LogP) is 2.78. The molecule has 4 nitrogen and oxygen atoms in total. The number of nitrogens with one attached hydrogen (secondary N) is 1. The molecule has 1 atom stereocenters. The summed E-state index contributed by atoms with van der Waals surface area (Å²) in [6, 6.07) is 23.9. The van der Waals surface area contributed by atoms with Gasteiger partial charge in [-0.05, 0) is 103 Å². The van der Waals surface area contributed by atoms with Gasteiger partial charge >= 0.3 is 18.9 Å². The van der Waals surface area contributed by atoms with E-state index in [0.717, 1.165) is 23.1 Å². The number of carboxylic acids is 1. The molecule has 0 unspecified atom stereocenters. The van der Waals surface area contributed by atoms with Crippen LogP contribution < -0.4 is 29.3 Å². The van der Waals surface area contributed by atoms with Crippen LogP contribution in [0, 0.1) is 12.8 Å². The van der Waals surface area contributed by atoms with E-state index < -0.39 is 12.0 Å². The van der Waals surface area contributed by atoms with Crippen molar-refractivity contribution in [2.24, 2.45) is 5.92 Å². The molecule has 3 aromatic carbocycles. The number of carboxylic acid groups (broad SMARTS) is 1. The van der Waals surface area contributed by atoms with Gasteiger partial charge in [-0.2, -0.15) is 11.8 Å². The van der Waals surface area contributed by atoms with E-state index in [4.69, 9.17) is 0 Å². The Morgan fingerprint density at radius 2 is 1.63 bits per heavy atom. The van der Waals surface area contributed by atoms with Gasteiger partial charge < -0.3 is 15.2 Å². The Morgan fingerprint density at radius 3 is 2.29 bits per heavy atom. The van der Waals surface area contributed by atoms with E-state index in [-0.39, 0.29) is 24.8 Å². The van der Waals surface area contributed by atoms with Crippen LogP contribution in [0.5, 0.6) is 0 Å². The Bertz CT molecular complexity index is 1210. The van der Waals surface area contributed by atoms with Crippen molar-refractivity contribution in [1.29, 1.82) is 0 Å². The number of thioether (sulfide) groups is 1. The molecule has 0 radical (unpaired) electrons. The van der Waals surface area contributed by atoms with Gasteiger partial charge in [-0.1, -0.05) is 66.7 Å². The number of hydrogen-bond acceptors (Lipinski definition) is 4. The van der Waals surface area contributed by atoms with Crippen LogP contribution in [-0.4, -0.2) is 29.9 Å². The van der Waals surface area contributed by atoms with Crippen LogP contribution in [0.25, 0.3) is 11.1 Å². The fourth-order valence-corrected chi connectivity index (χ4v) is 5.96. The largest absolute Gasteiger partial charge is 1.00 e. The van der Waals surface area contributed by atoms with Crippen molar-refractivity contribution in [1.82, 2.24) is 5.32 Å². The summed E-state index contributed by atoms with van der Waals surface area (Å²) in [6.07, 6.45) is 8.04. The average Bonchev–Trinajstić information content (AvgIpc) is 2.92.